The van der Waals surface area contributed by atoms with Gasteiger partial charge >= 0.3 is 0 Å². The average molecular weight is 277 g/mol. The Morgan fingerprint density at radius 3 is 2.40 bits per heavy atom. The second kappa shape index (κ2) is 6.59. The third-order valence-corrected chi connectivity index (χ3v) is 3.28. The normalized spacial score (nSPS) is 14.0. The van der Waals surface area contributed by atoms with E-state index >= 15 is 0 Å². The summed E-state index contributed by atoms with van der Waals surface area (Å²) in [6.07, 6.45) is 0. The Balaban J connectivity index is 2.17. The molecule has 2 N–H and O–H groups in total. The highest BCUT2D eigenvalue weighted by Gasteiger charge is 2.18. The Morgan fingerprint density at radius 1 is 1.05 bits per heavy atom. The van der Waals surface area contributed by atoms with Crippen LogP contribution in [0.3, 0.4) is 0 Å². The van der Waals surface area contributed by atoms with Crippen LogP contribution in [-0.4, -0.2) is 11.7 Å². The molecule has 0 spiro atoms. The van der Waals surface area contributed by atoms with Gasteiger partial charge in [0.15, 0.2) is 11.6 Å². The molecule has 2 aromatic rings. The highest BCUT2D eigenvalue weighted by molar-refractivity contribution is 5.24. The van der Waals surface area contributed by atoms with Gasteiger partial charge in [0.25, 0.3) is 0 Å². The van der Waals surface area contributed by atoms with E-state index in [1.807, 2.05) is 30.3 Å². The number of nitrogens with one attached hydrogen (secondary N) is 1. The van der Waals surface area contributed by atoms with Crippen molar-refractivity contribution in [2.24, 2.45) is 0 Å². The largest absolute Gasteiger partial charge is 0.394 e. The van der Waals surface area contributed by atoms with Gasteiger partial charge in [0.1, 0.15) is 0 Å². The van der Waals surface area contributed by atoms with Crippen LogP contribution < -0.4 is 5.32 Å². The van der Waals surface area contributed by atoms with Crippen LogP contribution in [-0.2, 0) is 0 Å². The van der Waals surface area contributed by atoms with Gasteiger partial charge in [-0.15, -0.1) is 0 Å². The summed E-state index contributed by atoms with van der Waals surface area (Å²) in [5.41, 5.74) is 1.15. The van der Waals surface area contributed by atoms with Gasteiger partial charge in [-0.1, -0.05) is 42.5 Å². The van der Waals surface area contributed by atoms with Crippen LogP contribution in [0.2, 0.25) is 0 Å². The third-order valence-electron chi connectivity index (χ3n) is 3.28. The van der Waals surface area contributed by atoms with Crippen molar-refractivity contribution in [1.82, 2.24) is 5.32 Å². The van der Waals surface area contributed by atoms with E-state index in [0.29, 0.717) is 0 Å². The maximum absolute atomic E-state index is 13.7. The van der Waals surface area contributed by atoms with E-state index in [-0.39, 0.29) is 18.2 Å². The summed E-state index contributed by atoms with van der Waals surface area (Å²) in [5.74, 6) is -1.71. The first kappa shape index (κ1) is 14.6. The highest BCUT2D eigenvalue weighted by Crippen LogP contribution is 2.22. The van der Waals surface area contributed by atoms with Gasteiger partial charge in [0, 0.05) is 11.6 Å². The van der Waals surface area contributed by atoms with E-state index in [1.165, 1.54) is 12.1 Å². The summed E-state index contributed by atoms with van der Waals surface area (Å²) in [4.78, 5) is 0. The van der Waals surface area contributed by atoms with Crippen LogP contribution in [0.1, 0.15) is 30.1 Å². The molecule has 0 fully saturated rings. The lowest BCUT2D eigenvalue weighted by Gasteiger charge is -2.22. The second-order valence-corrected chi connectivity index (χ2v) is 4.68. The van der Waals surface area contributed by atoms with Gasteiger partial charge in [-0.25, -0.2) is 8.78 Å². The molecule has 0 aromatic heterocycles. The molecule has 0 saturated carbocycles. The van der Waals surface area contributed by atoms with Crippen molar-refractivity contribution >= 4 is 0 Å². The molecule has 0 aliphatic carbocycles. The van der Waals surface area contributed by atoms with Crippen LogP contribution in [0, 0.1) is 11.6 Å². The molecule has 2 rings (SSSR count). The SMILES string of the molecule is CC(N[C@@H](CO)c1ccccc1)c1cccc(F)c1F. The van der Waals surface area contributed by atoms with E-state index in [0.717, 1.165) is 11.6 Å². The molecule has 0 aliphatic rings. The van der Waals surface area contributed by atoms with Gasteiger partial charge < -0.3 is 10.4 Å². The Hall–Kier alpha value is -1.78. The second-order valence-electron chi connectivity index (χ2n) is 4.68. The van der Waals surface area contributed by atoms with Crippen LogP contribution in [0.5, 0.6) is 0 Å². The maximum atomic E-state index is 13.7. The van der Waals surface area contributed by atoms with Gasteiger partial charge in [-0.2, -0.15) is 0 Å². The van der Waals surface area contributed by atoms with Gasteiger partial charge in [0.2, 0.25) is 0 Å². The number of hydrogen-bond donors (Lipinski definition) is 2. The van der Waals surface area contributed by atoms with Crippen molar-refractivity contribution in [2.75, 3.05) is 6.61 Å². The molecule has 2 atom stereocenters. The molecule has 0 bridgehead atoms. The zero-order valence-electron chi connectivity index (χ0n) is 11.2. The molecule has 0 heterocycles. The fourth-order valence-electron chi connectivity index (χ4n) is 2.19. The molecule has 0 radical (unpaired) electrons. The highest BCUT2D eigenvalue weighted by atomic mass is 19.2. The standard InChI is InChI=1S/C16H17F2NO/c1-11(13-8-5-9-14(17)16(13)18)19-15(10-20)12-6-3-2-4-7-12/h2-9,11,15,19-20H,10H2,1H3/t11?,15-/m0/s1. The molecule has 106 valence electrons. The first-order valence-electron chi connectivity index (χ1n) is 6.49. The van der Waals surface area contributed by atoms with E-state index < -0.39 is 17.7 Å². The van der Waals surface area contributed by atoms with Crippen LogP contribution in [0.25, 0.3) is 0 Å². The number of aliphatic hydroxyl groups excluding tert-OH is 1. The molecule has 4 heteroatoms. The zero-order valence-corrected chi connectivity index (χ0v) is 11.2. The number of benzene rings is 2. The van der Waals surface area contributed by atoms with Gasteiger partial charge in [-0.05, 0) is 18.6 Å². The van der Waals surface area contributed by atoms with E-state index in [9.17, 15) is 13.9 Å². The molecule has 1 unspecified atom stereocenters. The zero-order chi connectivity index (χ0) is 14.5. The van der Waals surface area contributed by atoms with Crippen LogP contribution >= 0.6 is 0 Å². The lowest BCUT2D eigenvalue weighted by molar-refractivity contribution is 0.234. The van der Waals surface area contributed by atoms with Crippen molar-refractivity contribution in [3.8, 4) is 0 Å². The Morgan fingerprint density at radius 2 is 1.75 bits per heavy atom. The summed E-state index contributed by atoms with van der Waals surface area (Å²) in [5, 5.41) is 12.6. The summed E-state index contributed by atoms with van der Waals surface area (Å²) >= 11 is 0. The molecule has 0 amide bonds. The number of aliphatic hydroxyl groups is 1. The van der Waals surface area contributed by atoms with E-state index in [1.54, 1.807) is 6.92 Å². The first-order chi connectivity index (χ1) is 9.63. The smallest absolute Gasteiger partial charge is 0.163 e. The van der Waals surface area contributed by atoms with E-state index in [2.05, 4.69) is 5.32 Å². The third kappa shape index (κ3) is 3.21. The van der Waals surface area contributed by atoms with Crippen LogP contribution in [0.4, 0.5) is 8.78 Å². The Kier molecular flexibility index (Phi) is 4.82. The Bertz CT molecular complexity index is 560. The quantitative estimate of drug-likeness (QED) is 0.878. The van der Waals surface area contributed by atoms with Crippen molar-refractivity contribution in [1.29, 1.82) is 0 Å². The molecular weight excluding hydrogens is 260 g/mol. The maximum Gasteiger partial charge on any atom is 0.163 e. The molecule has 20 heavy (non-hydrogen) atoms. The minimum Gasteiger partial charge on any atom is -0.394 e. The fraction of sp³-hybridized carbons (Fsp3) is 0.250. The first-order valence-corrected chi connectivity index (χ1v) is 6.49. The monoisotopic (exact) mass is 277 g/mol. The molecule has 2 aromatic carbocycles. The average Bonchev–Trinajstić information content (AvgIpc) is 2.48. The Labute approximate surface area is 117 Å². The molecule has 0 aliphatic heterocycles. The minimum absolute atomic E-state index is 0.120. The van der Waals surface area contributed by atoms with Gasteiger partial charge in [0.05, 0.1) is 12.6 Å². The van der Waals surface area contributed by atoms with Gasteiger partial charge in [-0.3, -0.25) is 0 Å². The lowest BCUT2D eigenvalue weighted by Crippen LogP contribution is -2.28. The van der Waals surface area contributed by atoms with Crippen LogP contribution in [0.15, 0.2) is 48.5 Å². The van der Waals surface area contributed by atoms with Crippen molar-refractivity contribution in [3.05, 3.63) is 71.3 Å². The summed E-state index contributed by atoms with van der Waals surface area (Å²) in [7, 11) is 0. The fourth-order valence-corrected chi connectivity index (χ4v) is 2.19. The topological polar surface area (TPSA) is 32.3 Å². The summed E-state index contributed by atoms with van der Waals surface area (Å²) < 4.78 is 27.0. The van der Waals surface area contributed by atoms with E-state index in [4.69, 9.17) is 0 Å². The minimum atomic E-state index is -0.864. The van der Waals surface area contributed by atoms with Crippen molar-refractivity contribution < 1.29 is 13.9 Å². The molecule has 0 saturated heterocycles. The molecular formula is C16H17F2NO. The predicted octanol–water partition coefficient (Wildman–Crippen LogP) is 3.35. The lowest BCUT2D eigenvalue weighted by atomic mass is 10.0. The molecule has 2 nitrogen and oxygen atoms in total. The number of halogens is 2. The number of hydrogen-bond acceptors (Lipinski definition) is 2. The number of rotatable bonds is 5. The predicted molar refractivity (Wildman–Crippen MR) is 74.2 cm³/mol. The van der Waals surface area contributed by atoms with Crippen molar-refractivity contribution in [2.45, 2.75) is 19.0 Å². The van der Waals surface area contributed by atoms with Crippen molar-refractivity contribution in [3.63, 3.8) is 0 Å². The summed E-state index contributed by atoms with van der Waals surface area (Å²) in [6.45, 7) is 1.62. The summed E-state index contributed by atoms with van der Waals surface area (Å²) in [6, 6.07) is 12.7.